The van der Waals surface area contributed by atoms with Gasteiger partial charge >= 0.3 is 0 Å². The van der Waals surface area contributed by atoms with Gasteiger partial charge in [0.05, 0.1) is 13.1 Å². The van der Waals surface area contributed by atoms with Crippen LogP contribution in [0.25, 0.3) is 0 Å². The minimum absolute atomic E-state index is 0.0800. The molecule has 8 nitrogen and oxygen atoms in total. The fourth-order valence-corrected chi connectivity index (χ4v) is 3.33. The van der Waals surface area contributed by atoms with Crippen LogP contribution in [0.2, 0.25) is 0 Å². The second kappa shape index (κ2) is 9.96. The first kappa shape index (κ1) is 23.5. The Morgan fingerprint density at radius 1 is 1.25 bits per heavy atom. The van der Waals surface area contributed by atoms with Crippen molar-refractivity contribution in [2.75, 3.05) is 11.9 Å². The van der Waals surface area contributed by atoms with Crippen LogP contribution in [0.4, 0.5) is 14.6 Å². The first-order valence-corrected chi connectivity index (χ1v) is 10.3. The number of carbonyl (C=O) groups excluding carboxylic acids is 1. The van der Waals surface area contributed by atoms with E-state index in [1.54, 1.807) is 19.9 Å². The van der Waals surface area contributed by atoms with Crippen molar-refractivity contribution in [3.8, 4) is 5.75 Å². The summed E-state index contributed by atoms with van der Waals surface area (Å²) >= 11 is 3.23. The lowest BCUT2D eigenvalue weighted by atomic mass is 10.2. The Hall–Kier alpha value is -3.18. The van der Waals surface area contributed by atoms with Gasteiger partial charge in [-0.05, 0) is 41.9 Å². The van der Waals surface area contributed by atoms with Crippen LogP contribution in [0, 0.1) is 25.5 Å². The highest BCUT2D eigenvalue weighted by Gasteiger charge is 2.16. The average Bonchev–Trinajstić information content (AvgIpc) is 2.75. The number of pyridine rings is 1. The first-order valence-electron chi connectivity index (χ1n) is 9.48. The third-order valence-electron chi connectivity index (χ3n) is 4.57. The SMILES string of the molecule is Cc1ncc(Cn2c(C)cc(OCc3ccc(F)cc3F)c(Br)c2=O)c(NC(=O)CN)n1. The summed E-state index contributed by atoms with van der Waals surface area (Å²) < 4.78 is 34.1. The second-order valence-corrected chi connectivity index (χ2v) is 7.72. The van der Waals surface area contributed by atoms with E-state index in [1.165, 1.54) is 16.8 Å². The standard InChI is InChI=1S/C21H20BrF2N5O3/c1-11-5-17(32-10-13-3-4-15(23)6-16(13)24)19(22)21(31)29(11)9-14-8-26-12(2)27-20(14)28-18(30)7-25/h3-6,8H,7,9-10,25H2,1-2H3,(H,26,27,28,30). The van der Waals surface area contributed by atoms with E-state index in [0.29, 0.717) is 17.1 Å². The van der Waals surface area contributed by atoms with E-state index in [9.17, 15) is 18.4 Å². The van der Waals surface area contributed by atoms with Crippen LogP contribution in [-0.4, -0.2) is 27.0 Å². The van der Waals surface area contributed by atoms with Crippen LogP contribution >= 0.6 is 15.9 Å². The normalized spacial score (nSPS) is 10.8. The Kier molecular flexibility index (Phi) is 7.31. The Morgan fingerprint density at radius 3 is 2.69 bits per heavy atom. The van der Waals surface area contributed by atoms with E-state index in [-0.39, 0.29) is 41.3 Å². The average molecular weight is 508 g/mol. The van der Waals surface area contributed by atoms with Gasteiger partial charge in [-0.2, -0.15) is 0 Å². The van der Waals surface area contributed by atoms with Crippen LogP contribution in [0.1, 0.15) is 22.6 Å². The second-order valence-electron chi connectivity index (χ2n) is 6.92. The highest BCUT2D eigenvalue weighted by Crippen LogP contribution is 2.25. The number of ether oxygens (including phenoxy) is 1. The zero-order valence-corrected chi connectivity index (χ0v) is 18.9. The molecule has 168 valence electrons. The Labute approximate surface area is 190 Å². The molecule has 3 rings (SSSR count). The van der Waals surface area contributed by atoms with Gasteiger partial charge in [0.15, 0.2) is 0 Å². The molecule has 11 heteroatoms. The summed E-state index contributed by atoms with van der Waals surface area (Å²) in [5, 5.41) is 2.60. The predicted molar refractivity (Wildman–Crippen MR) is 117 cm³/mol. The summed E-state index contributed by atoms with van der Waals surface area (Å²) in [6.45, 7) is 3.05. The molecule has 0 spiro atoms. The lowest BCUT2D eigenvalue weighted by molar-refractivity contribution is -0.114. The van der Waals surface area contributed by atoms with Crippen molar-refractivity contribution >= 4 is 27.7 Å². The molecule has 1 aromatic carbocycles. The van der Waals surface area contributed by atoms with Crippen LogP contribution in [-0.2, 0) is 17.9 Å². The van der Waals surface area contributed by atoms with Crippen molar-refractivity contribution in [3.05, 3.63) is 79.6 Å². The number of hydrogen-bond acceptors (Lipinski definition) is 6. The zero-order chi connectivity index (χ0) is 23.4. The van der Waals surface area contributed by atoms with Gasteiger partial charge in [0, 0.05) is 35.2 Å². The van der Waals surface area contributed by atoms with Crippen LogP contribution in [0.5, 0.6) is 5.75 Å². The molecule has 3 N–H and O–H groups in total. The van der Waals surface area contributed by atoms with E-state index < -0.39 is 23.1 Å². The number of rotatable bonds is 7. The van der Waals surface area contributed by atoms with E-state index >= 15 is 0 Å². The summed E-state index contributed by atoms with van der Waals surface area (Å²) in [7, 11) is 0. The number of aryl methyl sites for hydroxylation is 2. The van der Waals surface area contributed by atoms with Crippen molar-refractivity contribution < 1.29 is 18.3 Å². The van der Waals surface area contributed by atoms with Crippen LogP contribution in [0.3, 0.4) is 0 Å². The molecule has 0 aliphatic rings. The third-order valence-corrected chi connectivity index (χ3v) is 5.30. The molecule has 0 fully saturated rings. The summed E-state index contributed by atoms with van der Waals surface area (Å²) in [5.74, 6) is -0.924. The summed E-state index contributed by atoms with van der Waals surface area (Å²) in [4.78, 5) is 33.0. The van der Waals surface area contributed by atoms with Gasteiger partial charge in [-0.3, -0.25) is 9.59 Å². The van der Waals surface area contributed by atoms with E-state index in [2.05, 4.69) is 31.2 Å². The topological polar surface area (TPSA) is 112 Å². The molecule has 2 heterocycles. The Bertz CT molecular complexity index is 1230. The number of nitrogens with one attached hydrogen (secondary N) is 1. The highest BCUT2D eigenvalue weighted by atomic mass is 79.9. The van der Waals surface area contributed by atoms with Crippen molar-refractivity contribution in [1.82, 2.24) is 14.5 Å². The summed E-state index contributed by atoms with van der Waals surface area (Å²) in [6.07, 6.45) is 1.52. The van der Waals surface area contributed by atoms with Crippen molar-refractivity contribution in [2.24, 2.45) is 5.73 Å². The fourth-order valence-electron chi connectivity index (χ4n) is 2.88. The largest absolute Gasteiger partial charge is 0.487 e. The van der Waals surface area contributed by atoms with Gasteiger partial charge < -0.3 is 20.4 Å². The monoisotopic (exact) mass is 507 g/mol. The number of anilines is 1. The maximum Gasteiger partial charge on any atom is 0.269 e. The number of hydrogen-bond donors (Lipinski definition) is 2. The van der Waals surface area contributed by atoms with Gasteiger partial charge in [-0.25, -0.2) is 18.7 Å². The van der Waals surface area contributed by atoms with Crippen molar-refractivity contribution in [1.29, 1.82) is 0 Å². The van der Waals surface area contributed by atoms with Crippen LogP contribution < -0.4 is 21.3 Å². The molecule has 0 saturated carbocycles. The molecule has 32 heavy (non-hydrogen) atoms. The van der Waals surface area contributed by atoms with Gasteiger partial charge in [0.2, 0.25) is 5.91 Å². The van der Waals surface area contributed by atoms with E-state index in [0.717, 1.165) is 12.1 Å². The minimum Gasteiger partial charge on any atom is -0.487 e. The molecular formula is C21H20BrF2N5O3. The number of halogens is 3. The quantitative estimate of drug-likeness (QED) is 0.508. The van der Waals surface area contributed by atoms with Crippen molar-refractivity contribution in [2.45, 2.75) is 27.0 Å². The van der Waals surface area contributed by atoms with E-state index in [1.807, 2.05) is 0 Å². The predicted octanol–water partition coefficient (Wildman–Crippen LogP) is 2.82. The van der Waals surface area contributed by atoms with Crippen LogP contribution in [0.15, 0.2) is 39.7 Å². The number of aromatic nitrogens is 3. The lowest BCUT2D eigenvalue weighted by Gasteiger charge is -2.16. The molecule has 0 aliphatic carbocycles. The molecule has 3 aromatic rings. The first-order chi connectivity index (χ1) is 15.2. The third kappa shape index (κ3) is 5.35. The fraction of sp³-hybridized carbons (Fsp3) is 0.238. The van der Waals surface area contributed by atoms with Gasteiger partial charge in [0.25, 0.3) is 5.56 Å². The van der Waals surface area contributed by atoms with Gasteiger partial charge in [0.1, 0.15) is 40.1 Å². The zero-order valence-electron chi connectivity index (χ0n) is 17.3. The summed E-state index contributed by atoms with van der Waals surface area (Å²) in [6, 6.07) is 4.79. The Morgan fingerprint density at radius 2 is 2.00 bits per heavy atom. The molecule has 0 aliphatic heterocycles. The smallest absolute Gasteiger partial charge is 0.269 e. The lowest BCUT2D eigenvalue weighted by Crippen LogP contribution is -2.27. The maximum absolute atomic E-state index is 13.9. The molecule has 0 unspecified atom stereocenters. The molecule has 0 radical (unpaired) electrons. The highest BCUT2D eigenvalue weighted by molar-refractivity contribution is 9.10. The van der Waals surface area contributed by atoms with E-state index in [4.69, 9.17) is 10.5 Å². The number of amides is 1. The molecule has 0 atom stereocenters. The molecule has 0 bridgehead atoms. The maximum atomic E-state index is 13.9. The number of benzene rings is 1. The molecule has 1 amide bonds. The number of carbonyl (C=O) groups is 1. The number of nitrogens with two attached hydrogens (primary N) is 1. The molecule has 0 saturated heterocycles. The summed E-state index contributed by atoms with van der Waals surface area (Å²) in [5.41, 5.74) is 6.16. The van der Waals surface area contributed by atoms with Crippen molar-refractivity contribution in [3.63, 3.8) is 0 Å². The molecular weight excluding hydrogens is 488 g/mol. The number of nitrogens with zero attached hydrogens (tertiary/aromatic N) is 3. The van der Waals surface area contributed by atoms with Gasteiger partial charge in [-0.15, -0.1) is 0 Å². The molecule has 2 aromatic heterocycles. The minimum atomic E-state index is -0.738. The van der Waals surface area contributed by atoms with Gasteiger partial charge in [-0.1, -0.05) is 0 Å². The Balaban J connectivity index is 1.88.